The maximum absolute atomic E-state index is 12.2. The van der Waals surface area contributed by atoms with Gasteiger partial charge in [-0.25, -0.2) is 13.1 Å². The maximum atomic E-state index is 12.2. The van der Waals surface area contributed by atoms with Crippen LogP contribution in [0.1, 0.15) is 5.56 Å². The number of benzene rings is 1. The first-order valence-electron chi connectivity index (χ1n) is 5.94. The van der Waals surface area contributed by atoms with E-state index in [9.17, 15) is 8.42 Å². The number of ether oxygens (including phenoxy) is 1. The average Bonchev–Trinajstić information content (AvgIpc) is 2.76. The van der Waals surface area contributed by atoms with Gasteiger partial charge < -0.3 is 10.5 Å². The zero-order chi connectivity index (χ0) is 15.6. The summed E-state index contributed by atoms with van der Waals surface area (Å²) in [5.41, 5.74) is 6.36. The molecule has 2 rings (SSSR count). The summed E-state index contributed by atoms with van der Waals surface area (Å²) < 4.78 is 33.3. The monoisotopic (exact) mass is 330 g/mol. The van der Waals surface area contributed by atoms with Crippen LogP contribution in [0.2, 0.25) is 5.02 Å². The van der Waals surface area contributed by atoms with Crippen molar-refractivity contribution in [2.45, 2.75) is 11.4 Å². The lowest BCUT2D eigenvalue weighted by Crippen LogP contribution is -2.23. The molecule has 0 spiro atoms. The summed E-state index contributed by atoms with van der Waals surface area (Å²) in [7, 11) is -0.562. The number of hydrogen-bond donors (Lipinski definition) is 2. The second kappa shape index (κ2) is 5.92. The third-order valence-corrected chi connectivity index (χ3v) is 4.64. The number of sulfonamides is 1. The van der Waals surface area contributed by atoms with Crippen molar-refractivity contribution in [3.63, 3.8) is 0 Å². The van der Waals surface area contributed by atoms with Crippen molar-refractivity contribution in [3.05, 3.63) is 35.0 Å². The molecule has 0 aliphatic rings. The first-order valence-corrected chi connectivity index (χ1v) is 7.81. The number of aryl methyl sites for hydroxylation is 1. The number of rotatable bonds is 5. The number of halogens is 1. The third-order valence-electron chi connectivity index (χ3n) is 2.95. The highest BCUT2D eigenvalue weighted by Crippen LogP contribution is 2.26. The summed E-state index contributed by atoms with van der Waals surface area (Å²) in [6.07, 6.45) is 1.51. The van der Waals surface area contributed by atoms with E-state index in [-0.39, 0.29) is 16.5 Å². The standard InChI is InChI=1S/C12H15ClN4O3S/c1-17-12(14)8(6-15-17)7-16-21(18,19)9-3-4-11(20-2)10(13)5-9/h3-6,16H,7,14H2,1-2H3. The van der Waals surface area contributed by atoms with Crippen molar-refractivity contribution in [1.29, 1.82) is 0 Å². The fourth-order valence-electron chi connectivity index (χ4n) is 1.70. The van der Waals surface area contributed by atoms with Crippen LogP contribution in [0.3, 0.4) is 0 Å². The van der Waals surface area contributed by atoms with Crippen LogP contribution in [0.5, 0.6) is 5.75 Å². The van der Waals surface area contributed by atoms with E-state index in [0.717, 1.165) is 0 Å². The van der Waals surface area contributed by atoms with Crippen LogP contribution >= 0.6 is 11.6 Å². The molecule has 0 amide bonds. The highest BCUT2D eigenvalue weighted by molar-refractivity contribution is 7.89. The molecule has 0 radical (unpaired) electrons. The molecule has 0 fully saturated rings. The minimum atomic E-state index is -3.70. The number of anilines is 1. The summed E-state index contributed by atoms with van der Waals surface area (Å²) in [4.78, 5) is 0.0516. The molecular weight excluding hydrogens is 316 g/mol. The van der Waals surface area contributed by atoms with E-state index in [2.05, 4.69) is 9.82 Å². The van der Waals surface area contributed by atoms with Crippen LogP contribution in [0.15, 0.2) is 29.3 Å². The molecule has 0 bridgehead atoms. The maximum Gasteiger partial charge on any atom is 0.240 e. The van der Waals surface area contributed by atoms with Gasteiger partial charge in [0.15, 0.2) is 0 Å². The smallest absolute Gasteiger partial charge is 0.240 e. The Bertz CT molecular complexity index is 758. The van der Waals surface area contributed by atoms with Crippen LogP contribution < -0.4 is 15.2 Å². The number of nitrogens with zero attached hydrogens (tertiary/aromatic N) is 2. The van der Waals surface area contributed by atoms with Gasteiger partial charge >= 0.3 is 0 Å². The second-order valence-electron chi connectivity index (χ2n) is 4.30. The fraction of sp³-hybridized carbons (Fsp3) is 0.250. The molecule has 0 aliphatic heterocycles. The van der Waals surface area contributed by atoms with Gasteiger partial charge in [-0.1, -0.05) is 11.6 Å². The van der Waals surface area contributed by atoms with E-state index in [1.54, 1.807) is 7.05 Å². The predicted molar refractivity (Wildman–Crippen MR) is 79.6 cm³/mol. The SMILES string of the molecule is COc1ccc(S(=O)(=O)NCc2cnn(C)c2N)cc1Cl. The Morgan fingerprint density at radius 1 is 1.48 bits per heavy atom. The Kier molecular flexibility index (Phi) is 4.40. The van der Waals surface area contributed by atoms with Crippen molar-refractivity contribution < 1.29 is 13.2 Å². The van der Waals surface area contributed by atoms with Gasteiger partial charge in [0.2, 0.25) is 10.0 Å². The number of nitrogens with one attached hydrogen (secondary N) is 1. The molecule has 0 aliphatic carbocycles. The van der Waals surface area contributed by atoms with Crippen molar-refractivity contribution in [2.24, 2.45) is 7.05 Å². The molecule has 9 heteroatoms. The van der Waals surface area contributed by atoms with Gasteiger partial charge in [0.1, 0.15) is 11.6 Å². The molecule has 0 saturated carbocycles. The summed E-state index contributed by atoms with van der Waals surface area (Å²) in [5.74, 6) is 0.817. The summed E-state index contributed by atoms with van der Waals surface area (Å²) >= 11 is 5.93. The lowest BCUT2D eigenvalue weighted by molar-refractivity contribution is 0.414. The van der Waals surface area contributed by atoms with Gasteiger partial charge in [-0.05, 0) is 18.2 Å². The van der Waals surface area contributed by atoms with Crippen molar-refractivity contribution in [2.75, 3.05) is 12.8 Å². The molecule has 114 valence electrons. The zero-order valence-corrected chi connectivity index (χ0v) is 13.1. The third kappa shape index (κ3) is 3.29. The molecular formula is C12H15ClN4O3S. The van der Waals surface area contributed by atoms with E-state index >= 15 is 0 Å². The zero-order valence-electron chi connectivity index (χ0n) is 11.5. The van der Waals surface area contributed by atoms with Gasteiger partial charge in [-0.2, -0.15) is 5.10 Å². The van der Waals surface area contributed by atoms with Crippen LogP contribution in [0.4, 0.5) is 5.82 Å². The highest BCUT2D eigenvalue weighted by atomic mass is 35.5. The average molecular weight is 331 g/mol. The Labute approximate surface area is 127 Å². The topological polar surface area (TPSA) is 99.2 Å². The van der Waals surface area contributed by atoms with Gasteiger partial charge in [0, 0.05) is 19.2 Å². The fourth-order valence-corrected chi connectivity index (χ4v) is 3.05. The Morgan fingerprint density at radius 2 is 2.19 bits per heavy atom. The van der Waals surface area contributed by atoms with Gasteiger partial charge in [-0.15, -0.1) is 0 Å². The molecule has 0 atom stereocenters. The predicted octanol–water partition coefficient (Wildman–Crippen LogP) is 1.14. The van der Waals surface area contributed by atoms with E-state index < -0.39 is 10.0 Å². The minimum absolute atomic E-state index is 0.0473. The number of nitrogens with two attached hydrogens (primary N) is 1. The molecule has 2 aromatic rings. The molecule has 3 N–H and O–H groups in total. The van der Waals surface area contributed by atoms with E-state index in [0.29, 0.717) is 17.1 Å². The summed E-state index contributed by atoms with van der Waals surface area (Å²) in [6, 6.07) is 4.24. The van der Waals surface area contributed by atoms with Crippen molar-refractivity contribution >= 4 is 27.4 Å². The Balaban J connectivity index is 2.19. The summed E-state index contributed by atoms with van der Waals surface area (Å²) in [6.45, 7) is 0.0473. The highest BCUT2D eigenvalue weighted by Gasteiger charge is 2.17. The molecule has 7 nitrogen and oxygen atoms in total. The van der Waals surface area contributed by atoms with Crippen molar-refractivity contribution in [1.82, 2.24) is 14.5 Å². The van der Waals surface area contributed by atoms with Crippen LogP contribution in [0.25, 0.3) is 0 Å². The molecule has 0 saturated heterocycles. The molecule has 1 heterocycles. The first kappa shape index (κ1) is 15.6. The minimum Gasteiger partial charge on any atom is -0.495 e. The Morgan fingerprint density at radius 3 is 2.71 bits per heavy atom. The van der Waals surface area contributed by atoms with E-state index in [4.69, 9.17) is 22.1 Å². The van der Waals surface area contributed by atoms with Crippen LogP contribution in [-0.2, 0) is 23.6 Å². The molecule has 1 aromatic heterocycles. The van der Waals surface area contributed by atoms with Crippen LogP contribution in [0, 0.1) is 0 Å². The summed E-state index contributed by atoms with van der Waals surface area (Å²) in [5, 5.41) is 4.17. The lowest BCUT2D eigenvalue weighted by atomic mass is 10.3. The molecule has 21 heavy (non-hydrogen) atoms. The lowest BCUT2D eigenvalue weighted by Gasteiger charge is -2.08. The van der Waals surface area contributed by atoms with E-state index in [1.807, 2.05) is 0 Å². The van der Waals surface area contributed by atoms with Crippen molar-refractivity contribution in [3.8, 4) is 5.75 Å². The first-order chi connectivity index (χ1) is 9.85. The number of nitrogen functional groups attached to an aromatic ring is 1. The number of hydrogen-bond acceptors (Lipinski definition) is 5. The Hall–Kier alpha value is -1.77. The van der Waals surface area contributed by atoms with Gasteiger partial charge in [-0.3, -0.25) is 4.68 Å². The molecule has 1 aromatic carbocycles. The largest absolute Gasteiger partial charge is 0.495 e. The molecule has 0 unspecified atom stereocenters. The second-order valence-corrected chi connectivity index (χ2v) is 6.47. The quantitative estimate of drug-likeness (QED) is 0.856. The number of methoxy groups -OCH3 is 1. The van der Waals surface area contributed by atoms with Gasteiger partial charge in [0.05, 0.1) is 23.2 Å². The normalized spacial score (nSPS) is 11.6. The number of aromatic nitrogens is 2. The van der Waals surface area contributed by atoms with E-state index in [1.165, 1.54) is 36.2 Å². The van der Waals surface area contributed by atoms with Crippen LogP contribution in [-0.4, -0.2) is 25.3 Å². The van der Waals surface area contributed by atoms with Gasteiger partial charge in [0.25, 0.3) is 0 Å².